The number of ether oxygens (including phenoxy) is 3. The Labute approximate surface area is 381 Å². The molecule has 0 aromatic heterocycles. The number of ketones is 3. The third-order valence-corrected chi connectivity index (χ3v) is 14.5. The van der Waals surface area contributed by atoms with Crippen LogP contribution in [-0.4, -0.2) is 124 Å². The van der Waals surface area contributed by atoms with Gasteiger partial charge in [-0.15, -0.1) is 0 Å². The van der Waals surface area contributed by atoms with Crippen LogP contribution in [0.2, 0.25) is 0 Å². The number of fused-ring (bicyclic) bond motifs is 3. The summed E-state index contributed by atoms with van der Waals surface area (Å²) in [6, 6.07) is -1.04. The number of cyclic esters (lactones) is 1. The van der Waals surface area contributed by atoms with Crippen LogP contribution in [0, 0.1) is 47.3 Å². The monoisotopic (exact) mass is 898 g/mol. The van der Waals surface area contributed by atoms with Crippen molar-refractivity contribution in [3.63, 3.8) is 0 Å². The van der Waals surface area contributed by atoms with Crippen molar-refractivity contribution in [1.82, 2.24) is 4.90 Å². The van der Waals surface area contributed by atoms with Crippen molar-refractivity contribution in [2.75, 3.05) is 26.9 Å². The minimum atomic E-state index is -1.33. The number of carbonyl (C=O) groups is 5. The third kappa shape index (κ3) is 14.6. The second-order valence-corrected chi connectivity index (χ2v) is 19.7. The first-order valence-corrected chi connectivity index (χ1v) is 24.0. The van der Waals surface area contributed by atoms with Gasteiger partial charge in [0.15, 0.2) is 0 Å². The average Bonchev–Trinajstić information content (AvgIpc) is 3.27. The quantitative estimate of drug-likeness (QED) is 0.137. The lowest BCUT2D eigenvalue weighted by Crippen LogP contribution is -2.55. The number of rotatable bonds is 6. The molecular formula is C51H79NO12. The number of aliphatic hydroxyl groups excluding tert-OH is 4. The Kier molecular flexibility index (Phi) is 21.3. The zero-order valence-electron chi connectivity index (χ0n) is 39.7. The molecule has 2 bridgehead atoms. The molecule has 360 valence electrons. The lowest BCUT2D eigenvalue weighted by molar-refractivity contribution is -0.170. The molecule has 3 heterocycles. The summed E-state index contributed by atoms with van der Waals surface area (Å²) >= 11 is 0. The van der Waals surface area contributed by atoms with Gasteiger partial charge in [0.05, 0.1) is 36.9 Å². The van der Waals surface area contributed by atoms with Gasteiger partial charge < -0.3 is 39.5 Å². The molecule has 13 heteroatoms. The van der Waals surface area contributed by atoms with Crippen molar-refractivity contribution in [3.05, 3.63) is 47.6 Å². The maximum atomic E-state index is 14.3. The van der Waals surface area contributed by atoms with E-state index in [4.69, 9.17) is 14.2 Å². The summed E-state index contributed by atoms with van der Waals surface area (Å²) < 4.78 is 18.5. The Balaban J connectivity index is 1.68. The van der Waals surface area contributed by atoms with Gasteiger partial charge >= 0.3 is 5.97 Å². The number of hydrogen-bond donors (Lipinski definition) is 4. The molecule has 2 saturated heterocycles. The van der Waals surface area contributed by atoms with E-state index >= 15 is 0 Å². The molecular weight excluding hydrogens is 819 g/mol. The molecule has 4 aliphatic rings. The summed E-state index contributed by atoms with van der Waals surface area (Å²) in [6.07, 6.45) is 12.9. The van der Waals surface area contributed by atoms with Gasteiger partial charge in [-0.3, -0.25) is 19.2 Å². The first kappa shape index (κ1) is 53.3. The smallest absolute Gasteiger partial charge is 0.329 e. The van der Waals surface area contributed by atoms with Crippen LogP contribution in [0.3, 0.4) is 0 Å². The van der Waals surface area contributed by atoms with Gasteiger partial charge in [-0.1, -0.05) is 71.1 Å². The second-order valence-electron chi connectivity index (χ2n) is 19.7. The molecule has 15 atom stereocenters. The predicted octanol–water partition coefficient (Wildman–Crippen LogP) is 6.05. The topological polar surface area (TPSA) is 197 Å². The number of aliphatic hydroxyl groups is 4. The van der Waals surface area contributed by atoms with E-state index in [1.165, 1.54) is 4.90 Å². The van der Waals surface area contributed by atoms with E-state index in [-0.39, 0.29) is 72.9 Å². The van der Waals surface area contributed by atoms with Gasteiger partial charge in [0.2, 0.25) is 5.78 Å². The fraction of sp³-hybridized carbons (Fsp3) is 0.745. The van der Waals surface area contributed by atoms with Crippen LogP contribution in [0.15, 0.2) is 47.6 Å². The zero-order valence-corrected chi connectivity index (χ0v) is 39.7. The summed E-state index contributed by atoms with van der Waals surface area (Å²) in [6.45, 7) is 12.4. The number of Topliss-reactive ketones (excluding diaryl/α,β-unsaturated/α-hetero) is 3. The highest BCUT2D eigenvalue weighted by Crippen LogP contribution is 2.36. The lowest BCUT2D eigenvalue weighted by atomic mass is 9.75. The standard InChI is InChI=1S/C51H79NO12/c1-30-14-10-9-11-15-31(2)44(62-8)26-39-19-17-32(3)49(63-39)48(59)50(60)52-21-13-12-16-41(52)51(61)64-45(34(5)24-37-18-20-42(55)38(25-37)28-53)27-43(56)33(4)23-36(7)47(58)40(29-54)46(57)35(6)22-30/h9-11,14-15,23,30,32-35,37-42,44-45,47,49,53-55,58H,12-13,16-22,24-29H2,1-8H3/b11-9?,14-10+,31-15?,36-23+/t30-,32-,33-,34-,35-,37+,38+,39+,40+,41+,42-,44+,45+,47-,49-/m1/s1. The lowest BCUT2D eigenvalue weighted by Gasteiger charge is -2.39. The average molecular weight is 898 g/mol. The maximum absolute atomic E-state index is 14.3. The summed E-state index contributed by atoms with van der Waals surface area (Å²) in [5.74, 6) is -5.72. The minimum absolute atomic E-state index is 0.0154. The molecule has 0 unspecified atom stereocenters. The van der Waals surface area contributed by atoms with Crippen LogP contribution in [-0.2, 0) is 38.2 Å². The molecule has 0 radical (unpaired) electrons. The Bertz CT molecular complexity index is 1700. The van der Waals surface area contributed by atoms with Gasteiger partial charge in [0.25, 0.3) is 5.91 Å². The molecule has 4 N–H and O–H groups in total. The van der Waals surface area contributed by atoms with Crippen molar-refractivity contribution in [3.8, 4) is 0 Å². The Morgan fingerprint density at radius 1 is 0.859 bits per heavy atom. The maximum Gasteiger partial charge on any atom is 0.329 e. The van der Waals surface area contributed by atoms with E-state index in [0.717, 1.165) is 5.57 Å². The van der Waals surface area contributed by atoms with Gasteiger partial charge in [-0.05, 0) is 113 Å². The number of allylic oxidation sites excluding steroid dienone is 6. The fourth-order valence-corrected chi connectivity index (χ4v) is 10.3. The first-order chi connectivity index (χ1) is 30.4. The molecule has 3 fully saturated rings. The molecule has 1 aliphatic carbocycles. The number of piperidine rings is 1. The number of carbonyl (C=O) groups excluding carboxylic acids is 5. The van der Waals surface area contributed by atoms with E-state index in [0.29, 0.717) is 76.2 Å². The Morgan fingerprint density at radius 3 is 2.28 bits per heavy atom. The van der Waals surface area contributed by atoms with E-state index in [1.807, 2.05) is 58.1 Å². The van der Waals surface area contributed by atoms with Gasteiger partial charge in [-0.25, -0.2) is 4.79 Å². The fourth-order valence-electron chi connectivity index (χ4n) is 10.3. The van der Waals surface area contributed by atoms with Crippen molar-refractivity contribution in [2.45, 2.75) is 168 Å². The van der Waals surface area contributed by atoms with Crippen LogP contribution < -0.4 is 0 Å². The highest BCUT2D eigenvalue weighted by atomic mass is 16.5. The summed E-state index contributed by atoms with van der Waals surface area (Å²) in [4.78, 5) is 71.6. The molecule has 0 aromatic rings. The number of methoxy groups -OCH3 is 1. The zero-order chi connectivity index (χ0) is 47.2. The van der Waals surface area contributed by atoms with E-state index < -0.39 is 72.5 Å². The normalized spacial score (nSPS) is 38.4. The van der Waals surface area contributed by atoms with E-state index in [9.17, 15) is 44.4 Å². The largest absolute Gasteiger partial charge is 0.460 e. The molecule has 1 saturated carbocycles. The molecule has 3 aliphatic heterocycles. The third-order valence-electron chi connectivity index (χ3n) is 14.5. The number of nitrogens with zero attached hydrogens (tertiary/aromatic N) is 1. The predicted molar refractivity (Wildman–Crippen MR) is 244 cm³/mol. The summed E-state index contributed by atoms with van der Waals surface area (Å²) in [5, 5.41) is 42.1. The number of esters is 1. The van der Waals surface area contributed by atoms with Crippen molar-refractivity contribution in [2.24, 2.45) is 47.3 Å². The highest BCUT2D eigenvalue weighted by Gasteiger charge is 2.44. The highest BCUT2D eigenvalue weighted by molar-refractivity contribution is 6.38. The second kappa shape index (κ2) is 25.5. The van der Waals surface area contributed by atoms with Gasteiger partial charge in [0, 0.05) is 50.9 Å². The van der Waals surface area contributed by atoms with Crippen molar-refractivity contribution >= 4 is 29.2 Å². The van der Waals surface area contributed by atoms with E-state index in [2.05, 4.69) is 0 Å². The number of amides is 1. The Hall–Kier alpha value is -3.33. The van der Waals surface area contributed by atoms with Gasteiger partial charge in [-0.2, -0.15) is 0 Å². The molecule has 13 nitrogen and oxygen atoms in total. The van der Waals surface area contributed by atoms with Crippen LogP contribution in [0.25, 0.3) is 0 Å². The van der Waals surface area contributed by atoms with Crippen molar-refractivity contribution < 1.29 is 58.6 Å². The molecule has 4 rings (SSSR count). The van der Waals surface area contributed by atoms with Crippen LogP contribution in [0.1, 0.15) is 126 Å². The molecule has 0 spiro atoms. The first-order valence-electron chi connectivity index (χ1n) is 24.0. The number of hydrogen-bond acceptors (Lipinski definition) is 12. The van der Waals surface area contributed by atoms with Gasteiger partial charge in [0.1, 0.15) is 29.8 Å². The minimum Gasteiger partial charge on any atom is -0.460 e. The summed E-state index contributed by atoms with van der Waals surface area (Å²) in [5.41, 5.74) is 1.32. The SMILES string of the molecule is CO[C@H]1C[C@@H]2CC[C@@H](C)[C@@H](O2)C(=O)C(=O)N2CCCC[C@H]2C(=O)O[C@H]([C@H](C)C[C@@H]2CC[C@@H](O)[C@H](CO)C2)CC(=O)[C@H](C)/C=C(\C)[C@@H](O)[C@@H](CO)C(=O)[C@H](C)C[C@H](C)/C=C/C=CC=C1C. The Morgan fingerprint density at radius 2 is 1.59 bits per heavy atom. The summed E-state index contributed by atoms with van der Waals surface area (Å²) in [7, 11) is 1.63. The van der Waals surface area contributed by atoms with Crippen LogP contribution >= 0.6 is 0 Å². The molecule has 64 heavy (non-hydrogen) atoms. The van der Waals surface area contributed by atoms with Crippen LogP contribution in [0.5, 0.6) is 0 Å². The van der Waals surface area contributed by atoms with Crippen molar-refractivity contribution in [1.29, 1.82) is 0 Å². The molecule has 0 aromatic carbocycles. The van der Waals surface area contributed by atoms with E-state index in [1.54, 1.807) is 34.0 Å². The van der Waals surface area contributed by atoms with Crippen LogP contribution in [0.4, 0.5) is 0 Å². The molecule has 1 amide bonds.